The Hall–Kier alpha value is -1.58. The number of aromatic carboxylic acids is 1. The SMILES string of the molecule is CCC(Nc1cc(C(=O)O)ccc1F)C(C)C. The van der Waals surface area contributed by atoms with Crippen LogP contribution in [0.3, 0.4) is 0 Å². The molecule has 1 aromatic rings. The van der Waals surface area contributed by atoms with E-state index in [1.165, 1.54) is 18.2 Å². The summed E-state index contributed by atoms with van der Waals surface area (Å²) in [6.07, 6.45) is 0.856. The molecule has 0 fully saturated rings. The molecule has 0 saturated heterocycles. The summed E-state index contributed by atoms with van der Waals surface area (Å²) in [5.41, 5.74) is 0.345. The van der Waals surface area contributed by atoms with Crippen LogP contribution in [0, 0.1) is 11.7 Å². The van der Waals surface area contributed by atoms with E-state index in [0.717, 1.165) is 6.42 Å². The highest BCUT2D eigenvalue weighted by Gasteiger charge is 2.14. The number of carbonyl (C=O) groups is 1. The van der Waals surface area contributed by atoms with E-state index in [-0.39, 0.29) is 17.3 Å². The summed E-state index contributed by atoms with van der Waals surface area (Å²) in [5, 5.41) is 11.9. The topological polar surface area (TPSA) is 49.3 Å². The van der Waals surface area contributed by atoms with E-state index in [9.17, 15) is 9.18 Å². The molecular weight excluding hydrogens is 221 g/mol. The van der Waals surface area contributed by atoms with E-state index >= 15 is 0 Å². The number of hydrogen-bond acceptors (Lipinski definition) is 2. The van der Waals surface area contributed by atoms with Crippen LogP contribution in [0.1, 0.15) is 37.6 Å². The molecule has 0 heterocycles. The molecule has 0 aliphatic rings. The number of carboxylic acid groups (broad SMARTS) is 1. The van der Waals surface area contributed by atoms with Crippen LogP contribution in [0.4, 0.5) is 10.1 Å². The lowest BCUT2D eigenvalue weighted by Gasteiger charge is -2.22. The minimum absolute atomic E-state index is 0.0903. The van der Waals surface area contributed by atoms with Crippen LogP contribution in [0.25, 0.3) is 0 Å². The first-order chi connectivity index (χ1) is 7.95. The third kappa shape index (κ3) is 3.44. The molecule has 0 radical (unpaired) electrons. The summed E-state index contributed by atoms with van der Waals surface area (Å²) in [6.45, 7) is 6.09. The highest BCUT2D eigenvalue weighted by molar-refractivity contribution is 5.88. The van der Waals surface area contributed by atoms with Crippen molar-refractivity contribution in [3.8, 4) is 0 Å². The number of carboxylic acids is 1. The second-order valence-electron chi connectivity index (χ2n) is 4.40. The number of rotatable bonds is 5. The van der Waals surface area contributed by atoms with Gasteiger partial charge >= 0.3 is 5.97 Å². The first-order valence-electron chi connectivity index (χ1n) is 5.75. The van der Waals surface area contributed by atoms with Gasteiger partial charge in [-0.3, -0.25) is 0 Å². The predicted octanol–water partition coefficient (Wildman–Crippen LogP) is 3.37. The average molecular weight is 239 g/mol. The Morgan fingerprint density at radius 1 is 1.47 bits per heavy atom. The van der Waals surface area contributed by atoms with Gasteiger partial charge in [0.25, 0.3) is 0 Å². The number of anilines is 1. The smallest absolute Gasteiger partial charge is 0.335 e. The van der Waals surface area contributed by atoms with Crippen molar-refractivity contribution < 1.29 is 14.3 Å². The van der Waals surface area contributed by atoms with Crippen LogP contribution in [0.15, 0.2) is 18.2 Å². The maximum atomic E-state index is 13.5. The van der Waals surface area contributed by atoms with Gasteiger partial charge in [-0.15, -0.1) is 0 Å². The monoisotopic (exact) mass is 239 g/mol. The molecule has 1 rings (SSSR count). The van der Waals surface area contributed by atoms with Gasteiger partial charge in [0, 0.05) is 6.04 Å². The number of nitrogens with one attached hydrogen (secondary N) is 1. The zero-order chi connectivity index (χ0) is 13.0. The maximum absolute atomic E-state index is 13.5. The molecule has 0 spiro atoms. The Morgan fingerprint density at radius 3 is 2.59 bits per heavy atom. The van der Waals surface area contributed by atoms with Crippen LogP contribution < -0.4 is 5.32 Å². The number of hydrogen-bond donors (Lipinski definition) is 2. The van der Waals surface area contributed by atoms with E-state index in [1.54, 1.807) is 0 Å². The fourth-order valence-electron chi connectivity index (χ4n) is 1.71. The van der Waals surface area contributed by atoms with E-state index in [1.807, 2.05) is 20.8 Å². The van der Waals surface area contributed by atoms with Crippen molar-refractivity contribution in [3.63, 3.8) is 0 Å². The lowest BCUT2D eigenvalue weighted by atomic mass is 10.0. The van der Waals surface area contributed by atoms with Gasteiger partial charge in [0.05, 0.1) is 11.3 Å². The predicted molar refractivity (Wildman–Crippen MR) is 65.9 cm³/mol. The molecule has 1 aromatic carbocycles. The zero-order valence-corrected chi connectivity index (χ0v) is 10.3. The molecule has 0 amide bonds. The summed E-state index contributed by atoms with van der Waals surface area (Å²) in [7, 11) is 0. The largest absolute Gasteiger partial charge is 0.478 e. The lowest BCUT2D eigenvalue weighted by Crippen LogP contribution is -2.25. The van der Waals surface area contributed by atoms with Crippen molar-refractivity contribution in [2.75, 3.05) is 5.32 Å². The molecular formula is C13H18FNO2. The molecule has 0 aromatic heterocycles. The summed E-state index contributed by atoms with van der Waals surface area (Å²) in [4.78, 5) is 10.8. The minimum Gasteiger partial charge on any atom is -0.478 e. The average Bonchev–Trinajstić information content (AvgIpc) is 2.27. The van der Waals surface area contributed by atoms with Crippen LogP contribution in [-0.4, -0.2) is 17.1 Å². The van der Waals surface area contributed by atoms with Crippen LogP contribution in [-0.2, 0) is 0 Å². The van der Waals surface area contributed by atoms with Gasteiger partial charge in [0.2, 0.25) is 0 Å². The fraction of sp³-hybridized carbons (Fsp3) is 0.462. The Balaban J connectivity index is 2.96. The van der Waals surface area contributed by atoms with Crippen LogP contribution in [0.2, 0.25) is 0 Å². The van der Waals surface area contributed by atoms with Gasteiger partial charge in [0.1, 0.15) is 5.82 Å². The zero-order valence-electron chi connectivity index (χ0n) is 10.3. The summed E-state index contributed by atoms with van der Waals surface area (Å²) in [5.74, 6) is -1.12. The van der Waals surface area contributed by atoms with Crippen molar-refractivity contribution >= 4 is 11.7 Å². The molecule has 0 bridgehead atoms. The Labute approximate surface area is 101 Å². The van der Waals surface area contributed by atoms with Gasteiger partial charge in [-0.2, -0.15) is 0 Å². The van der Waals surface area contributed by atoms with Crippen LogP contribution >= 0.6 is 0 Å². The Bertz CT molecular complexity index is 404. The van der Waals surface area contributed by atoms with Crippen molar-refractivity contribution in [1.82, 2.24) is 0 Å². The summed E-state index contributed by atoms with van der Waals surface area (Å²) < 4.78 is 13.5. The molecule has 2 N–H and O–H groups in total. The second-order valence-corrected chi connectivity index (χ2v) is 4.40. The fourth-order valence-corrected chi connectivity index (χ4v) is 1.71. The normalized spacial score (nSPS) is 12.5. The van der Waals surface area contributed by atoms with E-state index in [4.69, 9.17) is 5.11 Å². The van der Waals surface area contributed by atoms with E-state index < -0.39 is 11.8 Å². The molecule has 0 aliphatic heterocycles. The van der Waals surface area contributed by atoms with Crippen molar-refractivity contribution in [3.05, 3.63) is 29.6 Å². The highest BCUT2D eigenvalue weighted by Crippen LogP contribution is 2.20. The number of halogens is 1. The Kier molecular flexibility index (Phi) is 4.49. The maximum Gasteiger partial charge on any atom is 0.335 e. The third-order valence-electron chi connectivity index (χ3n) is 2.80. The standard InChI is InChI=1S/C13H18FNO2/c1-4-11(8(2)3)15-12-7-9(13(16)17)5-6-10(12)14/h5-8,11,15H,4H2,1-3H3,(H,16,17). The molecule has 4 heteroatoms. The Morgan fingerprint density at radius 2 is 2.12 bits per heavy atom. The van der Waals surface area contributed by atoms with E-state index in [2.05, 4.69) is 5.32 Å². The van der Waals surface area contributed by atoms with Gasteiger partial charge < -0.3 is 10.4 Å². The van der Waals surface area contributed by atoms with Crippen molar-refractivity contribution in [2.24, 2.45) is 5.92 Å². The summed E-state index contributed by atoms with van der Waals surface area (Å²) >= 11 is 0. The molecule has 0 saturated carbocycles. The highest BCUT2D eigenvalue weighted by atomic mass is 19.1. The van der Waals surface area contributed by atoms with Gasteiger partial charge in [-0.25, -0.2) is 9.18 Å². The molecule has 1 unspecified atom stereocenters. The van der Waals surface area contributed by atoms with E-state index in [0.29, 0.717) is 5.92 Å². The second kappa shape index (κ2) is 5.66. The quantitative estimate of drug-likeness (QED) is 0.828. The van der Waals surface area contributed by atoms with Crippen molar-refractivity contribution in [1.29, 1.82) is 0 Å². The third-order valence-corrected chi connectivity index (χ3v) is 2.80. The number of benzene rings is 1. The minimum atomic E-state index is -1.05. The molecule has 0 aliphatic carbocycles. The molecule has 94 valence electrons. The summed E-state index contributed by atoms with van der Waals surface area (Å²) in [6, 6.07) is 3.91. The van der Waals surface area contributed by atoms with Crippen molar-refractivity contribution in [2.45, 2.75) is 33.2 Å². The lowest BCUT2D eigenvalue weighted by molar-refractivity contribution is 0.0697. The first kappa shape index (κ1) is 13.5. The van der Waals surface area contributed by atoms with Gasteiger partial charge in [-0.1, -0.05) is 20.8 Å². The van der Waals surface area contributed by atoms with Gasteiger partial charge in [-0.05, 0) is 30.5 Å². The molecule has 17 heavy (non-hydrogen) atoms. The van der Waals surface area contributed by atoms with Gasteiger partial charge in [0.15, 0.2) is 0 Å². The molecule has 3 nitrogen and oxygen atoms in total. The first-order valence-corrected chi connectivity index (χ1v) is 5.75. The van der Waals surface area contributed by atoms with Crippen LogP contribution in [0.5, 0.6) is 0 Å². The molecule has 1 atom stereocenters.